The molecule has 0 aliphatic rings. The van der Waals surface area contributed by atoms with Gasteiger partial charge in [-0.25, -0.2) is 12.8 Å². The van der Waals surface area contributed by atoms with Gasteiger partial charge >= 0.3 is 0 Å². The molecule has 0 fully saturated rings. The number of hydrogen-bond acceptors (Lipinski definition) is 4. The highest BCUT2D eigenvalue weighted by atomic mass is 35.5. The zero-order chi connectivity index (χ0) is 28.0. The minimum atomic E-state index is -4.23. The summed E-state index contributed by atoms with van der Waals surface area (Å²) in [5.41, 5.74) is 1.57. The molecule has 0 bridgehead atoms. The van der Waals surface area contributed by atoms with E-state index in [1.807, 2.05) is 6.92 Å². The molecule has 0 saturated carbocycles. The Hall–Kier alpha value is -3.14. The van der Waals surface area contributed by atoms with Crippen LogP contribution in [0.25, 0.3) is 0 Å². The van der Waals surface area contributed by atoms with E-state index in [-0.39, 0.29) is 33.6 Å². The van der Waals surface area contributed by atoms with Crippen molar-refractivity contribution in [1.82, 2.24) is 10.2 Å². The molecular formula is C27H28Cl2FN3O4S. The number of anilines is 1. The molecule has 3 aromatic rings. The fourth-order valence-electron chi connectivity index (χ4n) is 3.88. The highest BCUT2D eigenvalue weighted by Crippen LogP contribution is 2.31. The van der Waals surface area contributed by atoms with Gasteiger partial charge in [0.1, 0.15) is 18.4 Å². The van der Waals surface area contributed by atoms with Gasteiger partial charge < -0.3 is 10.2 Å². The Bertz CT molecular complexity index is 1400. The van der Waals surface area contributed by atoms with E-state index < -0.39 is 40.2 Å². The standard InChI is InChI=1S/C27H28Cl2FN3O4S/c1-4-25(27(35)31-3)32(16-19-7-9-20(30)10-8-19)26(34)17-33(21-11-14-23(28)24(29)15-21)38(36,37)22-12-5-18(2)6-13-22/h5-15,25H,4,16-17H2,1-3H3,(H,31,35). The van der Waals surface area contributed by atoms with Crippen molar-refractivity contribution in [3.05, 3.63) is 93.7 Å². The number of aryl methyl sites for hydroxylation is 1. The quantitative estimate of drug-likeness (QED) is 0.358. The molecule has 0 spiro atoms. The van der Waals surface area contributed by atoms with E-state index in [0.29, 0.717) is 5.56 Å². The topological polar surface area (TPSA) is 86.8 Å². The van der Waals surface area contributed by atoms with Crippen molar-refractivity contribution in [1.29, 1.82) is 0 Å². The zero-order valence-electron chi connectivity index (χ0n) is 21.1. The van der Waals surface area contributed by atoms with Crippen LogP contribution in [-0.4, -0.2) is 44.8 Å². The average Bonchev–Trinajstić information content (AvgIpc) is 2.89. The van der Waals surface area contributed by atoms with Crippen LogP contribution in [0.15, 0.2) is 71.6 Å². The lowest BCUT2D eigenvalue weighted by Gasteiger charge is -2.33. The van der Waals surface area contributed by atoms with Crippen molar-refractivity contribution >= 4 is 50.7 Å². The van der Waals surface area contributed by atoms with E-state index >= 15 is 0 Å². The molecule has 0 aliphatic carbocycles. The monoisotopic (exact) mass is 579 g/mol. The maximum absolute atomic E-state index is 13.8. The van der Waals surface area contributed by atoms with Crippen LogP contribution in [0.5, 0.6) is 0 Å². The van der Waals surface area contributed by atoms with Gasteiger partial charge in [-0.3, -0.25) is 13.9 Å². The summed E-state index contributed by atoms with van der Waals surface area (Å²) in [6, 6.07) is 15.1. The smallest absolute Gasteiger partial charge is 0.264 e. The van der Waals surface area contributed by atoms with Crippen molar-refractivity contribution in [2.75, 3.05) is 17.9 Å². The highest BCUT2D eigenvalue weighted by Gasteiger charge is 2.33. The number of hydrogen-bond donors (Lipinski definition) is 1. The van der Waals surface area contributed by atoms with Gasteiger partial charge in [0.2, 0.25) is 11.8 Å². The van der Waals surface area contributed by atoms with E-state index in [4.69, 9.17) is 23.2 Å². The number of nitrogens with one attached hydrogen (secondary N) is 1. The first-order valence-corrected chi connectivity index (χ1v) is 14.0. The van der Waals surface area contributed by atoms with Crippen LogP contribution in [0, 0.1) is 12.7 Å². The van der Waals surface area contributed by atoms with Gasteiger partial charge in [0.05, 0.1) is 20.6 Å². The molecule has 7 nitrogen and oxygen atoms in total. The Morgan fingerprint density at radius 3 is 2.16 bits per heavy atom. The molecule has 2 amide bonds. The average molecular weight is 581 g/mol. The fraction of sp³-hybridized carbons (Fsp3) is 0.259. The molecule has 1 atom stereocenters. The molecule has 3 aromatic carbocycles. The highest BCUT2D eigenvalue weighted by molar-refractivity contribution is 7.92. The van der Waals surface area contributed by atoms with Gasteiger partial charge in [0.15, 0.2) is 0 Å². The van der Waals surface area contributed by atoms with Crippen molar-refractivity contribution < 1.29 is 22.4 Å². The Morgan fingerprint density at radius 2 is 1.61 bits per heavy atom. The summed E-state index contributed by atoms with van der Waals surface area (Å²) in [5.74, 6) is -1.49. The Balaban J connectivity index is 2.08. The van der Waals surface area contributed by atoms with E-state index in [2.05, 4.69) is 5.32 Å². The summed E-state index contributed by atoms with van der Waals surface area (Å²) in [4.78, 5) is 27.8. The largest absolute Gasteiger partial charge is 0.357 e. The molecule has 11 heteroatoms. The lowest BCUT2D eigenvalue weighted by Crippen LogP contribution is -2.51. The Kier molecular flexibility index (Phi) is 9.76. The fourth-order valence-corrected chi connectivity index (χ4v) is 5.58. The van der Waals surface area contributed by atoms with E-state index in [0.717, 1.165) is 9.87 Å². The van der Waals surface area contributed by atoms with Crippen LogP contribution in [0.2, 0.25) is 10.0 Å². The lowest BCUT2D eigenvalue weighted by molar-refractivity contribution is -0.140. The number of benzene rings is 3. The number of carbonyl (C=O) groups is 2. The van der Waals surface area contributed by atoms with Crippen molar-refractivity contribution in [3.63, 3.8) is 0 Å². The molecule has 38 heavy (non-hydrogen) atoms. The van der Waals surface area contributed by atoms with Crippen LogP contribution < -0.4 is 9.62 Å². The number of nitrogens with zero attached hydrogens (tertiary/aromatic N) is 2. The van der Waals surface area contributed by atoms with Gasteiger partial charge in [0.25, 0.3) is 10.0 Å². The third-order valence-electron chi connectivity index (χ3n) is 5.98. The molecule has 0 heterocycles. The van der Waals surface area contributed by atoms with Crippen molar-refractivity contribution in [2.24, 2.45) is 0 Å². The first kappa shape index (κ1) is 29.4. The maximum atomic E-state index is 13.8. The van der Waals surface area contributed by atoms with Crippen LogP contribution in [0.4, 0.5) is 10.1 Å². The minimum Gasteiger partial charge on any atom is -0.357 e. The van der Waals surface area contributed by atoms with Gasteiger partial charge in [0, 0.05) is 13.6 Å². The number of sulfonamides is 1. The number of amides is 2. The Morgan fingerprint density at radius 1 is 0.974 bits per heavy atom. The molecule has 1 N–H and O–H groups in total. The number of carbonyl (C=O) groups excluding carboxylic acids is 2. The second-order valence-corrected chi connectivity index (χ2v) is 11.3. The van der Waals surface area contributed by atoms with Crippen molar-refractivity contribution in [2.45, 2.75) is 37.8 Å². The third-order valence-corrected chi connectivity index (χ3v) is 8.50. The van der Waals surface area contributed by atoms with Crippen molar-refractivity contribution in [3.8, 4) is 0 Å². The zero-order valence-corrected chi connectivity index (χ0v) is 23.4. The summed E-state index contributed by atoms with van der Waals surface area (Å²) in [5, 5.41) is 2.88. The van der Waals surface area contributed by atoms with Gasteiger partial charge in [-0.1, -0.05) is 60.0 Å². The van der Waals surface area contributed by atoms with Crippen LogP contribution in [0.1, 0.15) is 24.5 Å². The van der Waals surface area contributed by atoms with Crippen LogP contribution in [0.3, 0.4) is 0 Å². The van der Waals surface area contributed by atoms with Gasteiger partial charge in [-0.2, -0.15) is 0 Å². The summed E-state index contributed by atoms with van der Waals surface area (Å²) in [6.45, 7) is 2.91. The minimum absolute atomic E-state index is 0.0228. The van der Waals surface area contributed by atoms with Crippen LogP contribution >= 0.6 is 23.2 Å². The normalized spacial score (nSPS) is 12.1. The first-order valence-electron chi connectivity index (χ1n) is 11.8. The maximum Gasteiger partial charge on any atom is 0.264 e. The third kappa shape index (κ3) is 6.83. The molecule has 3 rings (SSSR count). The second-order valence-electron chi connectivity index (χ2n) is 8.61. The molecule has 0 aromatic heterocycles. The molecule has 0 aliphatic heterocycles. The molecular weight excluding hydrogens is 552 g/mol. The molecule has 1 unspecified atom stereocenters. The summed E-state index contributed by atoms with van der Waals surface area (Å²) >= 11 is 12.3. The summed E-state index contributed by atoms with van der Waals surface area (Å²) in [7, 11) is -2.78. The SMILES string of the molecule is CCC(C(=O)NC)N(Cc1ccc(F)cc1)C(=O)CN(c1ccc(Cl)c(Cl)c1)S(=O)(=O)c1ccc(C)cc1. The van der Waals surface area contributed by atoms with Crippen LogP contribution in [-0.2, 0) is 26.2 Å². The molecule has 0 saturated heterocycles. The number of likely N-dealkylation sites (N-methyl/N-ethyl adjacent to an activating group) is 1. The predicted molar refractivity (Wildman–Crippen MR) is 147 cm³/mol. The Labute approximate surface area is 232 Å². The first-order chi connectivity index (χ1) is 18.0. The van der Waals surface area contributed by atoms with E-state index in [1.165, 1.54) is 66.5 Å². The van der Waals surface area contributed by atoms with Gasteiger partial charge in [-0.05, 0) is 61.4 Å². The molecule has 0 radical (unpaired) electrons. The predicted octanol–water partition coefficient (Wildman–Crippen LogP) is 5.19. The lowest BCUT2D eigenvalue weighted by atomic mass is 10.1. The number of rotatable bonds is 10. The molecule has 202 valence electrons. The summed E-state index contributed by atoms with van der Waals surface area (Å²) < 4.78 is 42.0. The van der Waals surface area contributed by atoms with Gasteiger partial charge in [-0.15, -0.1) is 0 Å². The summed E-state index contributed by atoms with van der Waals surface area (Å²) in [6.07, 6.45) is 0.268. The number of halogens is 3. The van der Waals surface area contributed by atoms with E-state index in [9.17, 15) is 22.4 Å². The second kappa shape index (κ2) is 12.6. The van der Waals surface area contributed by atoms with E-state index in [1.54, 1.807) is 19.1 Å².